The summed E-state index contributed by atoms with van der Waals surface area (Å²) in [4.78, 5) is 45.1. The van der Waals surface area contributed by atoms with Crippen molar-refractivity contribution >= 4 is 33.4 Å². The van der Waals surface area contributed by atoms with Gasteiger partial charge in [0.25, 0.3) is 11.5 Å². The minimum atomic E-state index is -0.285. The van der Waals surface area contributed by atoms with Gasteiger partial charge in [-0.3, -0.25) is 19.0 Å². The molecule has 3 rings (SSSR count). The van der Waals surface area contributed by atoms with Gasteiger partial charge in [-0.25, -0.2) is 4.98 Å². The molecule has 2 aromatic rings. The van der Waals surface area contributed by atoms with Crippen LogP contribution in [0.4, 0.5) is 0 Å². The number of ether oxygens (including phenoxy) is 1. The number of aryl methyl sites for hydroxylation is 1. The maximum absolute atomic E-state index is 13.0. The van der Waals surface area contributed by atoms with E-state index >= 15 is 0 Å². The SMILES string of the molecule is COCCNC(=O)c1sc2ncn(CC(=O)N3CCCC[C@@H]3C)c(=O)c2c1C. The van der Waals surface area contributed by atoms with Gasteiger partial charge in [-0.05, 0) is 38.7 Å². The summed E-state index contributed by atoms with van der Waals surface area (Å²) >= 11 is 1.19. The van der Waals surface area contributed by atoms with Gasteiger partial charge in [0.15, 0.2) is 0 Å². The Morgan fingerprint density at radius 1 is 1.39 bits per heavy atom. The van der Waals surface area contributed by atoms with E-state index in [1.165, 1.54) is 22.2 Å². The number of hydrogen-bond donors (Lipinski definition) is 1. The third-order valence-electron chi connectivity index (χ3n) is 5.14. The van der Waals surface area contributed by atoms with Crippen molar-refractivity contribution in [2.45, 2.75) is 45.7 Å². The Morgan fingerprint density at radius 3 is 2.89 bits per heavy atom. The summed E-state index contributed by atoms with van der Waals surface area (Å²) in [5.74, 6) is -0.317. The molecule has 0 unspecified atom stereocenters. The zero-order valence-electron chi connectivity index (χ0n) is 16.5. The van der Waals surface area contributed by atoms with E-state index in [0.717, 1.165) is 25.8 Å². The van der Waals surface area contributed by atoms with Gasteiger partial charge in [0.05, 0.1) is 23.2 Å². The second-order valence-corrected chi connectivity index (χ2v) is 8.09. The molecule has 1 N–H and O–H groups in total. The number of methoxy groups -OCH3 is 1. The van der Waals surface area contributed by atoms with Crippen LogP contribution in [0.1, 0.15) is 41.4 Å². The van der Waals surface area contributed by atoms with Crippen LogP contribution in [0.15, 0.2) is 11.1 Å². The molecule has 0 aromatic carbocycles. The van der Waals surface area contributed by atoms with Crippen LogP contribution in [-0.4, -0.2) is 59.1 Å². The first-order chi connectivity index (χ1) is 13.4. The first kappa shape index (κ1) is 20.5. The highest BCUT2D eigenvalue weighted by Crippen LogP contribution is 2.26. The summed E-state index contributed by atoms with van der Waals surface area (Å²) in [6.07, 6.45) is 4.51. The van der Waals surface area contributed by atoms with Crippen LogP contribution >= 0.6 is 11.3 Å². The van der Waals surface area contributed by atoms with Gasteiger partial charge in [0.1, 0.15) is 11.4 Å². The van der Waals surface area contributed by atoms with E-state index in [1.807, 2.05) is 11.8 Å². The highest BCUT2D eigenvalue weighted by atomic mass is 32.1. The van der Waals surface area contributed by atoms with Gasteiger partial charge in [0, 0.05) is 26.2 Å². The van der Waals surface area contributed by atoms with Gasteiger partial charge in [-0.1, -0.05) is 0 Å². The zero-order chi connectivity index (χ0) is 20.3. The van der Waals surface area contributed by atoms with E-state index in [4.69, 9.17) is 4.74 Å². The van der Waals surface area contributed by atoms with Crippen molar-refractivity contribution in [2.75, 3.05) is 26.8 Å². The highest BCUT2D eigenvalue weighted by molar-refractivity contribution is 7.20. The van der Waals surface area contributed by atoms with Crippen molar-refractivity contribution in [1.82, 2.24) is 19.8 Å². The molecule has 0 bridgehead atoms. The lowest BCUT2D eigenvalue weighted by Gasteiger charge is -2.33. The Morgan fingerprint density at radius 2 is 2.18 bits per heavy atom. The molecule has 1 atom stereocenters. The molecule has 1 aliphatic heterocycles. The fourth-order valence-corrected chi connectivity index (χ4v) is 4.60. The third-order valence-corrected chi connectivity index (χ3v) is 6.34. The Balaban J connectivity index is 1.84. The number of carbonyl (C=O) groups excluding carboxylic acids is 2. The van der Waals surface area contributed by atoms with Crippen molar-refractivity contribution < 1.29 is 14.3 Å². The number of likely N-dealkylation sites (tertiary alicyclic amines) is 1. The van der Waals surface area contributed by atoms with Crippen LogP contribution in [0.5, 0.6) is 0 Å². The van der Waals surface area contributed by atoms with Crippen molar-refractivity contribution in [3.8, 4) is 0 Å². The summed E-state index contributed by atoms with van der Waals surface area (Å²) in [5, 5.41) is 3.17. The van der Waals surface area contributed by atoms with Gasteiger partial charge >= 0.3 is 0 Å². The molecular weight excluding hydrogens is 380 g/mol. The summed E-state index contributed by atoms with van der Waals surface area (Å²) in [7, 11) is 1.56. The van der Waals surface area contributed by atoms with Gasteiger partial charge in [0.2, 0.25) is 5.91 Å². The second kappa shape index (κ2) is 8.83. The Kier molecular flexibility index (Phi) is 6.46. The lowest BCUT2D eigenvalue weighted by Crippen LogP contribution is -2.44. The summed E-state index contributed by atoms with van der Waals surface area (Å²) in [6.45, 7) is 5.29. The molecule has 1 fully saturated rings. The molecule has 28 heavy (non-hydrogen) atoms. The minimum Gasteiger partial charge on any atom is -0.383 e. The van der Waals surface area contributed by atoms with Crippen molar-refractivity contribution in [2.24, 2.45) is 0 Å². The van der Waals surface area contributed by atoms with E-state index in [1.54, 1.807) is 14.0 Å². The molecule has 2 aromatic heterocycles. The van der Waals surface area contributed by atoms with Gasteiger partial charge in [-0.2, -0.15) is 0 Å². The van der Waals surface area contributed by atoms with E-state index in [9.17, 15) is 14.4 Å². The molecule has 2 amide bonds. The van der Waals surface area contributed by atoms with Crippen molar-refractivity contribution in [3.05, 3.63) is 27.1 Å². The molecule has 0 spiro atoms. The van der Waals surface area contributed by atoms with Gasteiger partial charge in [-0.15, -0.1) is 11.3 Å². The number of aromatic nitrogens is 2. The van der Waals surface area contributed by atoms with Crippen LogP contribution in [0.2, 0.25) is 0 Å². The van der Waals surface area contributed by atoms with Crippen LogP contribution in [0.25, 0.3) is 10.2 Å². The van der Waals surface area contributed by atoms with Crippen molar-refractivity contribution in [1.29, 1.82) is 0 Å². The van der Waals surface area contributed by atoms with Crippen LogP contribution in [-0.2, 0) is 16.1 Å². The average Bonchev–Trinajstić information content (AvgIpc) is 3.02. The molecule has 8 nitrogen and oxygen atoms in total. The summed E-state index contributed by atoms with van der Waals surface area (Å²) < 4.78 is 6.28. The fraction of sp³-hybridized carbons (Fsp3) is 0.579. The molecule has 1 saturated heterocycles. The molecule has 3 heterocycles. The normalized spacial score (nSPS) is 17.1. The molecule has 0 radical (unpaired) electrons. The maximum atomic E-state index is 13.0. The molecule has 0 saturated carbocycles. The number of piperidine rings is 1. The molecule has 9 heteroatoms. The molecular formula is C19H26N4O4S. The fourth-order valence-electron chi connectivity index (χ4n) is 3.54. The molecule has 152 valence electrons. The topological polar surface area (TPSA) is 93.5 Å². The van der Waals surface area contributed by atoms with E-state index in [0.29, 0.717) is 33.8 Å². The van der Waals surface area contributed by atoms with Crippen LogP contribution in [0, 0.1) is 6.92 Å². The summed E-state index contributed by atoms with van der Waals surface area (Å²) in [5.41, 5.74) is 0.313. The zero-order valence-corrected chi connectivity index (χ0v) is 17.3. The number of fused-ring (bicyclic) bond motifs is 1. The largest absolute Gasteiger partial charge is 0.383 e. The number of hydrogen-bond acceptors (Lipinski definition) is 6. The standard InChI is InChI=1S/C19H26N4O4S/c1-12-6-4-5-8-23(12)14(24)10-22-11-21-18-15(19(22)26)13(2)16(28-18)17(25)20-7-9-27-3/h11-12H,4-10H2,1-3H3,(H,20,25)/t12-/m0/s1. The second-order valence-electron chi connectivity index (χ2n) is 7.09. The minimum absolute atomic E-state index is 0.0310. The summed E-state index contributed by atoms with van der Waals surface area (Å²) in [6, 6.07) is 0.193. The lowest BCUT2D eigenvalue weighted by molar-refractivity contribution is -0.135. The number of nitrogens with zero attached hydrogens (tertiary/aromatic N) is 3. The Labute approximate surface area is 167 Å². The van der Waals surface area contributed by atoms with Crippen LogP contribution in [0.3, 0.4) is 0 Å². The predicted octanol–water partition coefficient (Wildman–Crippen LogP) is 1.54. The smallest absolute Gasteiger partial charge is 0.262 e. The number of amides is 2. The predicted molar refractivity (Wildman–Crippen MR) is 108 cm³/mol. The first-order valence-electron chi connectivity index (χ1n) is 9.49. The van der Waals surface area contributed by atoms with Gasteiger partial charge < -0.3 is 15.0 Å². The van der Waals surface area contributed by atoms with E-state index in [2.05, 4.69) is 10.3 Å². The maximum Gasteiger partial charge on any atom is 0.262 e. The quantitative estimate of drug-likeness (QED) is 0.735. The van der Waals surface area contributed by atoms with E-state index < -0.39 is 0 Å². The number of rotatable bonds is 6. The van der Waals surface area contributed by atoms with Crippen molar-refractivity contribution in [3.63, 3.8) is 0 Å². The first-order valence-corrected chi connectivity index (χ1v) is 10.3. The third kappa shape index (κ3) is 4.10. The molecule has 0 aliphatic carbocycles. The highest BCUT2D eigenvalue weighted by Gasteiger charge is 2.24. The van der Waals surface area contributed by atoms with Crippen LogP contribution < -0.4 is 10.9 Å². The average molecular weight is 407 g/mol. The number of thiophene rings is 1. The number of nitrogens with one attached hydrogen (secondary N) is 1. The lowest BCUT2D eigenvalue weighted by atomic mass is 10.0. The number of carbonyl (C=O) groups is 2. The molecule has 1 aliphatic rings. The Bertz CT molecular complexity index is 936. The van der Waals surface area contributed by atoms with E-state index in [-0.39, 0.29) is 30.0 Å². The monoisotopic (exact) mass is 406 g/mol. The Hall–Kier alpha value is -2.26.